The number of hydrogen-bond donors (Lipinski definition) is 2. The summed E-state index contributed by atoms with van der Waals surface area (Å²) in [7, 11) is 0. The third kappa shape index (κ3) is 1.91. The Morgan fingerprint density at radius 3 is 2.72 bits per heavy atom. The Labute approximate surface area is 104 Å². The normalized spacial score (nSPS) is 40.8. The molecule has 1 saturated carbocycles. The first-order valence-electron chi connectivity index (χ1n) is 6.53. The van der Waals surface area contributed by atoms with Crippen molar-refractivity contribution in [3.05, 3.63) is 11.8 Å². The summed E-state index contributed by atoms with van der Waals surface area (Å²) in [5.41, 5.74) is 3.65. The highest BCUT2D eigenvalue weighted by Gasteiger charge is 2.56. The molecule has 0 amide bonds. The van der Waals surface area contributed by atoms with Gasteiger partial charge in [-0.05, 0) is 25.8 Å². The molecule has 1 saturated heterocycles. The van der Waals surface area contributed by atoms with Gasteiger partial charge in [-0.1, -0.05) is 12.8 Å². The van der Waals surface area contributed by atoms with E-state index in [2.05, 4.69) is 10.7 Å². The molecule has 3 rings (SSSR count). The Morgan fingerprint density at radius 2 is 2.00 bits per heavy atom. The van der Waals surface area contributed by atoms with E-state index in [0.717, 1.165) is 25.0 Å². The maximum atomic E-state index is 13.3. The standard InChI is InChI=1S/C12H18F3N3/c1-7-6-10-16-9-5-3-2-4-8(9)11(12(13,14)15)18(10)17-7/h6,8-11,16-17H,2-5H2,1H3/t8-,9+,10?,11-/m0/s1. The van der Waals surface area contributed by atoms with Crippen molar-refractivity contribution in [1.82, 2.24) is 15.8 Å². The van der Waals surface area contributed by atoms with Crippen molar-refractivity contribution in [2.45, 2.75) is 57.0 Å². The summed E-state index contributed by atoms with van der Waals surface area (Å²) in [4.78, 5) is 0. The number of hydrazine groups is 1. The van der Waals surface area contributed by atoms with Gasteiger partial charge in [0.25, 0.3) is 0 Å². The molecule has 2 fully saturated rings. The molecule has 3 nitrogen and oxygen atoms in total. The minimum Gasteiger partial charge on any atom is -0.321 e. The molecular formula is C12H18F3N3. The lowest BCUT2D eigenvalue weighted by Crippen LogP contribution is -2.69. The third-order valence-corrected chi connectivity index (χ3v) is 4.26. The van der Waals surface area contributed by atoms with Crippen molar-refractivity contribution in [2.75, 3.05) is 0 Å². The highest BCUT2D eigenvalue weighted by atomic mass is 19.4. The topological polar surface area (TPSA) is 27.3 Å². The molecule has 18 heavy (non-hydrogen) atoms. The fourth-order valence-electron chi connectivity index (χ4n) is 3.57. The molecule has 0 aromatic carbocycles. The predicted octanol–water partition coefficient (Wildman–Crippen LogP) is 2.13. The van der Waals surface area contributed by atoms with E-state index in [4.69, 9.17) is 0 Å². The third-order valence-electron chi connectivity index (χ3n) is 4.26. The van der Waals surface area contributed by atoms with Crippen LogP contribution in [0.5, 0.6) is 0 Å². The lowest BCUT2D eigenvalue weighted by atomic mass is 9.77. The van der Waals surface area contributed by atoms with Gasteiger partial charge in [0.15, 0.2) is 0 Å². The van der Waals surface area contributed by atoms with Crippen molar-refractivity contribution in [3.63, 3.8) is 0 Å². The second kappa shape index (κ2) is 4.13. The number of nitrogens with one attached hydrogen (secondary N) is 2. The van der Waals surface area contributed by atoms with Crippen molar-refractivity contribution >= 4 is 0 Å². The summed E-state index contributed by atoms with van der Waals surface area (Å²) < 4.78 is 40.0. The molecule has 1 unspecified atom stereocenters. The van der Waals surface area contributed by atoms with Crippen LogP contribution in [0, 0.1) is 5.92 Å². The summed E-state index contributed by atoms with van der Waals surface area (Å²) in [6.45, 7) is 1.80. The lowest BCUT2D eigenvalue weighted by molar-refractivity contribution is -0.226. The molecule has 0 spiro atoms. The summed E-state index contributed by atoms with van der Waals surface area (Å²) in [5, 5.41) is 4.69. The minimum absolute atomic E-state index is 0.00410. The Hall–Kier alpha value is -0.750. The molecule has 0 bridgehead atoms. The zero-order valence-electron chi connectivity index (χ0n) is 10.3. The fraction of sp³-hybridized carbons (Fsp3) is 0.833. The summed E-state index contributed by atoms with van der Waals surface area (Å²) in [6, 6.07) is -1.38. The quantitative estimate of drug-likeness (QED) is 0.699. The van der Waals surface area contributed by atoms with Crippen LogP contribution in [0.4, 0.5) is 13.2 Å². The van der Waals surface area contributed by atoms with Crippen molar-refractivity contribution in [3.8, 4) is 0 Å². The van der Waals surface area contributed by atoms with Crippen LogP contribution in [0.25, 0.3) is 0 Å². The van der Waals surface area contributed by atoms with Crippen LogP contribution in [0.1, 0.15) is 32.6 Å². The van der Waals surface area contributed by atoms with Gasteiger partial charge >= 0.3 is 6.18 Å². The molecule has 2 aliphatic heterocycles. The number of halogens is 3. The molecule has 2 heterocycles. The van der Waals surface area contributed by atoms with Crippen LogP contribution in [0.3, 0.4) is 0 Å². The Kier molecular flexibility index (Phi) is 2.82. The van der Waals surface area contributed by atoms with E-state index in [1.807, 2.05) is 6.08 Å². The number of rotatable bonds is 0. The first kappa shape index (κ1) is 12.3. The van der Waals surface area contributed by atoms with E-state index >= 15 is 0 Å². The van der Waals surface area contributed by atoms with E-state index in [1.54, 1.807) is 6.92 Å². The van der Waals surface area contributed by atoms with Crippen LogP contribution in [-0.2, 0) is 0 Å². The van der Waals surface area contributed by atoms with Crippen LogP contribution < -0.4 is 10.7 Å². The monoisotopic (exact) mass is 261 g/mol. The molecule has 102 valence electrons. The summed E-state index contributed by atoms with van der Waals surface area (Å²) in [5.74, 6) is -0.332. The smallest absolute Gasteiger partial charge is 0.321 e. The van der Waals surface area contributed by atoms with Gasteiger partial charge in [0, 0.05) is 17.7 Å². The van der Waals surface area contributed by atoms with Crippen LogP contribution in [-0.4, -0.2) is 29.4 Å². The Bertz CT molecular complexity index is 364. The molecular weight excluding hydrogens is 243 g/mol. The Morgan fingerprint density at radius 1 is 1.28 bits per heavy atom. The molecule has 3 aliphatic rings. The first-order valence-corrected chi connectivity index (χ1v) is 6.53. The van der Waals surface area contributed by atoms with Gasteiger partial charge in [-0.15, -0.1) is 0 Å². The van der Waals surface area contributed by atoms with Crippen LogP contribution in [0.2, 0.25) is 0 Å². The lowest BCUT2D eigenvalue weighted by Gasteiger charge is -2.49. The van der Waals surface area contributed by atoms with Crippen LogP contribution in [0.15, 0.2) is 11.8 Å². The average molecular weight is 261 g/mol. The zero-order valence-corrected chi connectivity index (χ0v) is 10.3. The predicted molar refractivity (Wildman–Crippen MR) is 61.2 cm³/mol. The largest absolute Gasteiger partial charge is 0.406 e. The SMILES string of the molecule is CC1=CC2N[C@@H]3CCCC[C@@H]3[C@@H](C(F)(F)F)N2N1. The van der Waals surface area contributed by atoms with Gasteiger partial charge in [-0.25, -0.2) is 0 Å². The van der Waals surface area contributed by atoms with E-state index in [1.165, 1.54) is 5.01 Å². The zero-order chi connectivity index (χ0) is 12.9. The average Bonchev–Trinajstić information content (AvgIpc) is 2.63. The molecule has 0 aromatic rings. The highest BCUT2D eigenvalue weighted by Crippen LogP contribution is 2.42. The molecule has 4 atom stereocenters. The number of nitrogens with zero attached hydrogens (tertiary/aromatic N) is 1. The first-order chi connectivity index (χ1) is 8.47. The van der Waals surface area contributed by atoms with E-state index < -0.39 is 12.2 Å². The molecule has 0 radical (unpaired) electrons. The molecule has 1 aliphatic carbocycles. The van der Waals surface area contributed by atoms with Crippen molar-refractivity contribution in [2.24, 2.45) is 5.92 Å². The summed E-state index contributed by atoms with van der Waals surface area (Å²) in [6.07, 6.45) is 0.786. The molecule has 0 aromatic heterocycles. The summed E-state index contributed by atoms with van der Waals surface area (Å²) >= 11 is 0. The number of alkyl halides is 3. The van der Waals surface area contributed by atoms with Crippen molar-refractivity contribution in [1.29, 1.82) is 0 Å². The van der Waals surface area contributed by atoms with Gasteiger partial charge in [0.05, 0.1) is 6.17 Å². The second-order valence-corrected chi connectivity index (χ2v) is 5.52. The van der Waals surface area contributed by atoms with E-state index in [-0.39, 0.29) is 18.1 Å². The van der Waals surface area contributed by atoms with Crippen molar-refractivity contribution < 1.29 is 13.2 Å². The van der Waals surface area contributed by atoms with Gasteiger partial charge in [0.2, 0.25) is 0 Å². The molecule has 2 N–H and O–H groups in total. The van der Waals surface area contributed by atoms with Crippen LogP contribution >= 0.6 is 0 Å². The maximum Gasteiger partial charge on any atom is 0.406 e. The molecule has 6 heteroatoms. The maximum absolute atomic E-state index is 13.3. The van der Waals surface area contributed by atoms with Gasteiger partial charge < -0.3 is 5.43 Å². The second-order valence-electron chi connectivity index (χ2n) is 5.52. The Balaban J connectivity index is 1.91. The highest BCUT2D eigenvalue weighted by molar-refractivity contribution is 5.14. The number of hydrogen-bond acceptors (Lipinski definition) is 3. The minimum atomic E-state index is -4.17. The van der Waals surface area contributed by atoms with Gasteiger partial charge in [-0.2, -0.15) is 18.2 Å². The fourth-order valence-corrected chi connectivity index (χ4v) is 3.57. The van der Waals surface area contributed by atoms with Gasteiger partial charge in [-0.3, -0.25) is 5.32 Å². The number of fused-ring (bicyclic) bond motifs is 2. The van der Waals surface area contributed by atoms with E-state index in [9.17, 15) is 13.2 Å². The van der Waals surface area contributed by atoms with Gasteiger partial charge in [0.1, 0.15) is 6.04 Å². The number of allylic oxidation sites excluding steroid dienone is 1. The van der Waals surface area contributed by atoms with E-state index in [0.29, 0.717) is 6.42 Å².